The van der Waals surface area contributed by atoms with Crippen molar-refractivity contribution in [2.45, 2.75) is 6.92 Å². The van der Waals surface area contributed by atoms with E-state index in [0.29, 0.717) is 0 Å². The van der Waals surface area contributed by atoms with Gasteiger partial charge in [-0.15, -0.1) is 0 Å². The molecular formula is C23H17Cl. The summed E-state index contributed by atoms with van der Waals surface area (Å²) in [6, 6.07) is 29.5. The molecule has 0 spiro atoms. The molecule has 0 bridgehead atoms. The third-order valence-corrected chi connectivity index (χ3v) is 4.79. The highest BCUT2D eigenvalue weighted by Crippen LogP contribution is 2.37. The summed E-state index contributed by atoms with van der Waals surface area (Å²) in [7, 11) is 0. The van der Waals surface area contributed by atoms with Crippen molar-refractivity contribution < 1.29 is 0 Å². The van der Waals surface area contributed by atoms with Crippen LogP contribution in [-0.2, 0) is 0 Å². The van der Waals surface area contributed by atoms with E-state index in [-0.39, 0.29) is 0 Å². The Balaban J connectivity index is 1.90. The van der Waals surface area contributed by atoms with Gasteiger partial charge in [0.05, 0.1) is 0 Å². The molecule has 0 aromatic heterocycles. The minimum atomic E-state index is 0.784. The summed E-state index contributed by atoms with van der Waals surface area (Å²) < 4.78 is 0. The van der Waals surface area contributed by atoms with Gasteiger partial charge in [-0.1, -0.05) is 90.5 Å². The Morgan fingerprint density at radius 1 is 0.625 bits per heavy atom. The molecule has 0 nitrogen and oxygen atoms in total. The number of benzene rings is 4. The zero-order valence-electron chi connectivity index (χ0n) is 13.5. The van der Waals surface area contributed by atoms with Crippen molar-refractivity contribution in [1.29, 1.82) is 0 Å². The van der Waals surface area contributed by atoms with Gasteiger partial charge in [0.1, 0.15) is 0 Å². The molecule has 116 valence electrons. The van der Waals surface area contributed by atoms with Gasteiger partial charge in [0.2, 0.25) is 0 Å². The summed E-state index contributed by atoms with van der Waals surface area (Å²) in [4.78, 5) is 0. The molecule has 0 N–H and O–H groups in total. The maximum atomic E-state index is 6.67. The molecule has 0 aliphatic carbocycles. The molecule has 0 fully saturated rings. The molecule has 4 aromatic carbocycles. The lowest BCUT2D eigenvalue weighted by molar-refractivity contribution is 1.52. The highest BCUT2D eigenvalue weighted by atomic mass is 35.5. The van der Waals surface area contributed by atoms with Crippen LogP contribution in [0.25, 0.3) is 33.0 Å². The summed E-state index contributed by atoms with van der Waals surface area (Å²) in [6.07, 6.45) is 0. The molecule has 1 heteroatoms. The Labute approximate surface area is 147 Å². The molecule has 0 saturated carbocycles. The third kappa shape index (κ3) is 2.60. The van der Waals surface area contributed by atoms with Gasteiger partial charge in [-0.3, -0.25) is 0 Å². The molecule has 0 amide bonds. The molecule has 4 rings (SSSR count). The Morgan fingerprint density at radius 2 is 1.38 bits per heavy atom. The minimum Gasteiger partial charge on any atom is -0.0836 e. The Morgan fingerprint density at radius 3 is 2.12 bits per heavy atom. The molecule has 0 aliphatic heterocycles. The fourth-order valence-corrected chi connectivity index (χ4v) is 3.58. The number of hydrogen-bond donors (Lipinski definition) is 0. The average Bonchev–Trinajstić information content (AvgIpc) is 2.62. The molecule has 0 heterocycles. The molecule has 4 aromatic rings. The van der Waals surface area contributed by atoms with Gasteiger partial charge < -0.3 is 0 Å². The van der Waals surface area contributed by atoms with Gasteiger partial charge in [0.25, 0.3) is 0 Å². The zero-order valence-corrected chi connectivity index (χ0v) is 14.2. The third-order valence-electron chi connectivity index (χ3n) is 4.48. The first-order valence-electron chi connectivity index (χ1n) is 8.08. The number of rotatable bonds is 2. The van der Waals surface area contributed by atoms with Crippen molar-refractivity contribution in [2.75, 3.05) is 0 Å². The quantitative estimate of drug-likeness (QED) is 0.367. The second-order valence-corrected chi connectivity index (χ2v) is 6.45. The van der Waals surface area contributed by atoms with Crippen LogP contribution >= 0.6 is 11.6 Å². The molecule has 0 unspecified atom stereocenters. The van der Waals surface area contributed by atoms with Gasteiger partial charge in [-0.2, -0.15) is 0 Å². The van der Waals surface area contributed by atoms with Crippen LogP contribution < -0.4 is 0 Å². The van der Waals surface area contributed by atoms with E-state index in [9.17, 15) is 0 Å². The maximum Gasteiger partial charge on any atom is 0.0490 e. The van der Waals surface area contributed by atoms with Gasteiger partial charge in [-0.05, 0) is 46.0 Å². The smallest absolute Gasteiger partial charge is 0.0490 e. The highest BCUT2D eigenvalue weighted by Gasteiger charge is 2.10. The normalized spacial score (nSPS) is 10.9. The predicted octanol–water partition coefficient (Wildman–Crippen LogP) is 7.14. The zero-order chi connectivity index (χ0) is 16.5. The number of halogens is 1. The first-order valence-corrected chi connectivity index (χ1v) is 8.45. The number of aryl methyl sites for hydroxylation is 1. The molecule has 24 heavy (non-hydrogen) atoms. The fourth-order valence-electron chi connectivity index (χ4n) is 3.30. The van der Waals surface area contributed by atoms with Crippen molar-refractivity contribution in [3.05, 3.63) is 95.5 Å². The van der Waals surface area contributed by atoms with E-state index in [1.54, 1.807) is 0 Å². The summed E-state index contributed by atoms with van der Waals surface area (Å²) in [5.41, 5.74) is 5.86. The van der Waals surface area contributed by atoms with Crippen molar-refractivity contribution in [2.24, 2.45) is 0 Å². The van der Waals surface area contributed by atoms with E-state index in [1.807, 2.05) is 18.2 Å². The van der Waals surface area contributed by atoms with E-state index >= 15 is 0 Å². The standard InChI is InChI=1S/C23H17Cl/c1-16-7-5-10-18-11-6-12-21(23(16)18)20-14-13-19(15-22(20)24)17-8-3-2-4-9-17/h2-15H,1H3. The van der Waals surface area contributed by atoms with Gasteiger partial charge in [0.15, 0.2) is 0 Å². The van der Waals surface area contributed by atoms with E-state index in [2.05, 4.69) is 73.7 Å². The molecule has 0 aliphatic rings. The molecule has 0 radical (unpaired) electrons. The predicted molar refractivity (Wildman–Crippen MR) is 105 cm³/mol. The van der Waals surface area contributed by atoms with E-state index < -0.39 is 0 Å². The lowest BCUT2D eigenvalue weighted by Gasteiger charge is -2.12. The Bertz CT molecular complexity index is 1010. The number of fused-ring (bicyclic) bond motifs is 1. The van der Waals surface area contributed by atoms with Gasteiger partial charge in [-0.25, -0.2) is 0 Å². The van der Waals surface area contributed by atoms with Crippen LogP contribution in [0.15, 0.2) is 84.9 Å². The SMILES string of the molecule is Cc1cccc2cccc(-c3ccc(-c4ccccc4)cc3Cl)c12. The van der Waals surface area contributed by atoms with Crippen LogP contribution in [0.5, 0.6) is 0 Å². The van der Waals surface area contributed by atoms with Gasteiger partial charge >= 0.3 is 0 Å². The molecular weight excluding hydrogens is 312 g/mol. The van der Waals surface area contributed by atoms with Crippen LogP contribution in [0.4, 0.5) is 0 Å². The summed E-state index contributed by atoms with van der Waals surface area (Å²) in [5, 5.41) is 3.30. The van der Waals surface area contributed by atoms with Gasteiger partial charge in [0, 0.05) is 10.6 Å². The monoisotopic (exact) mass is 328 g/mol. The minimum absolute atomic E-state index is 0.784. The highest BCUT2D eigenvalue weighted by molar-refractivity contribution is 6.34. The van der Waals surface area contributed by atoms with E-state index in [0.717, 1.165) is 16.1 Å². The van der Waals surface area contributed by atoms with Crippen molar-refractivity contribution >= 4 is 22.4 Å². The summed E-state index contributed by atoms with van der Waals surface area (Å²) >= 11 is 6.67. The van der Waals surface area contributed by atoms with Crippen molar-refractivity contribution in [3.8, 4) is 22.3 Å². The van der Waals surface area contributed by atoms with Crippen LogP contribution in [0.2, 0.25) is 5.02 Å². The topological polar surface area (TPSA) is 0 Å². The van der Waals surface area contributed by atoms with Crippen molar-refractivity contribution in [3.63, 3.8) is 0 Å². The van der Waals surface area contributed by atoms with Crippen LogP contribution in [-0.4, -0.2) is 0 Å². The van der Waals surface area contributed by atoms with Crippen LogP contribution in [0.1, 0.15) is 5.56 Å². The fraction of sp³-hybridized carbons (Fsp3) is 0.0435. The largest absolute Gasteiger partial charge is 0.0836 e. The first kappa shape index (κ1) is 15.0. The second-order valence-electron chi connectivity index (χ2n) is 6.04. The van der Waals surface area contributed by atoms with Crippen LogP contribution in [0, 0.1) is 6.92 Å². The second kappa shape index (κ2) is 6.14. The van der Waals surface area contributed by atoms with E-state index in [4.69, 9.17) is 11.6 Å². The Kier molecular flexibility index (Phi) is 3.84. The average molecular weight is 329 g/mol. The lowest BCUT2D eigenvalue weighted by atomic mass is 9.94. The van der Waals surface area contributed by atoms with Crippen molar-refractivity contribution in [1.82, 2.24) is 0 Å². The summed E-state index contributed by atoms with van der Waals surface area (Å²) in [6.45, 7) is 2.15. The lowest BCUT2D eigenvalue weighted by Crippen LogP contribution is -1.87. The summed E-state index contributed by atoms with van der Waals surface area (Å²) in [5.74, 6) is 0. The molecule has 0 atom stereocenters. The molecule has 0 saturated heterocycles. The van der Waals surface area contributed by atoms with E-state index in [1.165, 1.54) is 27.5 Å². The van der Waals surface area contributed by atoms with Crippen LogP contribution in [0.3, 0.4) is 0 Å². The maximum absolute atomic E-state index is 6.67. The Hall–Kier alpha value is -2.57. The first-order chi connectivity index (χ1) is 11.7. The number of hydrogen-bond acceptors (Lipinski definition) is 0.